The monoisotopic (exact) mass is 419 g/mol. The summed E-state index contributed by atoms with van der Waals surface area (Å²) in [6.45, 7) is 3.43. The smallest absolute Gasteiger partial charge is 0.319 e. The average Bonchev–Trinajstić information content (AvgIpc) is 3.14. The second-order valence-corrected chi connectivity index (χ2v) is 7.86. The third kappa shape index (κ3) is 4.20. The van der Waals surface area contributed by atoms with Crippen molar-refractivity contribution in [1.82, 2.24) is 25.2 Å². The van der Waals surface area contributed by atoms with Crippen molar-refractivity contribution in [3.8, 4) is 12.1 Å². The Bertz CT molecular complexity index is 937. The summed E-state index contributed by atoms with van der Waals surface area (Å²) >= 11 is 5.89. The molecule has 0 amide bonds. The second-order valence-electron chi connectivity index (χ2n) is 7.50. The van der Waals surface area contributed by atoms with Crippen molar-refractivity contribution in [2.45, 2.75) is 31.3 Å². The number of nitrogens with zero attached hydrogens (tertiary/aromatic N) is 6. The molecule has 0 aliphatic carbocycles. The van der Waals surface area contributed by atoms with E-state index in [0.717, 1.165) is 19.4 Å². The van der Waals surface area contributed by atoms with Crippen LogP contribution in [0.15, 0.2) is 6.20 Å². The molecule has 8 nitrogen and oxygen atoms in total. The van der Waals surface area contributed by atoms with Crippen LogP contribution in [-0.4, -0.2) is 71.8 Å². The molecule has 2 atom stereocenters. The Hall–Kier alpha value is -2.28. The Balaban J connectivity index is 1.67. The molecule has 0 saturated carbocycles. The lowest BCUT2D eigenvalue weighted by Crippen LogP contribution is -2.51. The van der Waals surface area contributed by atoms with Gasteiger partial charge in [-0.3, -0.25) is 0 Å². The van der Waals surface area contributed by atoms with E-state index in [1.165, 1.54) is 6.20 Å². The van der Waals surface area contributed by atoms with E-state index in [4.69, 9.17) is 21.6 Å². The molecule has 0 spiro atoms. The number of piperazine rings is 1. The number of halogens is 2. The van der Waals surface area contributed by atoms with Crippen LogP contribution in [-0.2, 0) is 0 Å². The molecule has 29 heavy (non-hydrogen) atoms. The van der Waals surface area contributed by atoms with Gasteiger partial charge in [0.1, 0.15) is 17.9 Å². The highest BCUT2D eigenvalue weighted by atomic mass is 35.5. The quantitative estimate of drug-likeness (QED) is 0.736. The zero-order valence-electron chi connectivity index (χ0n) is 16.2. The van der Waals surface area contributed by atoms with Gasteiger partial charge >= 0.3 is 6.01 Å². The van der Waals surface area contributed by atoms with E-state index >= 15 is 0 Å². The maximum Gasteiger partial charge on any atom is 0.319 e. The number of likely N-dealkylation sites (tertiary alicyclic amines) is 1. The van der Waals surface area contributed by atoms with Gasteiger partial charge in [0.15, 0.2) is 11.0 Å². The van der Waals surface area contributed by atoms with E-state index in [-0.39, 0.29) is 22.7 Å². The maximum atomic E-state index is 14.7. The second kappa shape index (κ2) is 8.61. The Morgan fingerprint density at radius 1 is 1.41 bits per heavy atom. The molecule has 0 bridgehead atoms. The topological polar surface area (TPSA) is 90.2 Å². The van der Waals surface area contributed by atoms with E-state index in [0.29, 0.717) is 49.9 Å². The van der Waals surface area contributed by atoms with Gasteiger partial charge in [0.25, 0.3) is 0 Å². The highest BCUT2D eigenvalue weighted by molar-refractivity contribution is 6.30. The lowest BCUT2D eigenvalue weighted by Gasteiger charge is -2.34. The first kappa shape index (κ1) is 20.0. The molecule has 1 N–H and O–H groups in total. The summed E-state index contributed by atoms with van der Waals surface area (Å²) in [7, 11) is 2.06. The number of rotatable bonds is 5. The lowest BCUT2D eigenvalue weighted by atomic mass is 10.1. The maximum absolute atomic E-state index is 14.7. The van der Waals surface area contributed by atoms with Gasteiger partial charge in [0.2, 0.25) is 0 Å². The summed E-state index contributed by atoms with van der Waals surface area (Å²) in [6, 6.07) is 2.63. The first-order chi connectivity index (χ1) is 14.1. The molecule has 0 aromatic carbocycles. The van der Waals surface area contributed by atoms with Crippen LogP contribution in [0, 0.1) is 17.1 Å². The van der Waals surface area contributed by atoms with Gasteiger partial charge in [-0.2, -0.15) is 15.2 Å². The SMILES string of the molecule is CN1CCCC1COc1nc(N2CCNC(CC#N)C2)c2cnc(Cl)c(F)c2n1. The Morgan fingerprint density at radius 2 is 2.28 bits per heavy atom. The molecule has 2 aliphatic heterocycles. The van der Waals surface area contributed by atoms with Gasteiger partial charge in [0, 0.05) is 37.9 Å². The molecule has 2 unspecified atom stereocenters. The van der Waals surface area contributed by atoms with Crippen molar-refractivity contribution in [3.63, 3.8) is 0 Å². The van der Waals surface area contributed by atoms with Gasteiger partial charge in [0.05, 0.1) is 17.9 Å². The van der Waals surface area contributed by atoms with E-state index in [1.807, 2.05) is 4.90 Å². The molecule has 2 aliphatic rings. The standard InChI is InChI=1S/C19H23ClFN7O/c1-27-7-2-3-13(27)11-29-19-25-16-14(9-24-17(20)15(16)21)18(26-19)28-8-6-23-12(10-28)4-5-22/h9,12-13,23H,2-4,6-8,10-11H2,1H3. The molecule has 154 valence electrons. The molecule has 2 aromatic rings. The summed E-state index contributed by atoms with van der Waals surface area (Å²) in [5.41, 5.74) is 0.0974. The molecule has 0 radical (unpaired) electrons. The predicted octanol–water partition coefficient (Wildman–Crippen LogP) is 1.98. The van der Waals surface area contributed by atoms with Gasteiger partial charge in [-0.15, -0.1) is 0 Å². The van der Waals surface area contributed by atoms with Gasteiger partial charge in [-0.25, -0.2) is 9.37 Å². The summed E-state index contributed by atoms with van der Waals surface area (Å²) in [5.74, 6) is -0.128. The van der Waals surface area contributed by atoms with Crippen molar-refractivity contribution in [1.29, 1.82) is 5.26 Å². The molecule has 10 heteroatoms. The van der Waals surface area contributed by atoms with Crippen LogP contribution < -0.4 is 15.0 Å². The van der Waals surface area contributed by atoms with E-state index in [2.05, 4.69) is 38.3 Å². The molecule has 2 aromatic heterocycles. The number of fused-ring (bicyclic) bond motifs is 1. The van der Waals surface area contributed by atoms with E-state index < -0.39 is 5.82 Å². The Labute approximate surface area is 173 Å². The molecule has 4 heterocycles. The zero-order valence-corrected chi connectivity index (χ0v) is 17.0. The van der Waals surface area contributed by atoms with Crippen molar-refractivity contribution in [2.24, 2.45) is 0 Å². The number of hydrogen-bond acceptors (Lipinski definition) is 8. The molecule has 2 saturated heterocycles. The first-order valence-corrected chi connectivity index (χ1v) is 10.1. The van der Waals surface area contributed by atoms with Gasteiger partial charge in [-0.1, -0.05) is 11.6 Å². The minimum atomic E-state index is -0.681. The van der Waals surface area contributed by atoms with E-state index in [9.17, 15) is 4.39 Å². The van der Waals surface area contributed by atoms with Crippen LogP contribution in [0.5, 0.6) is 6.01 Å². The highest BCUT2D eigenvalue weighted by Crippen LogP contribution is 2.30. The zero-order chi connectivity index (χ0) is 20.4. The number of pyridine rings is 1. The van der Waals surface area contributed by atoms with E-state index in [1.54, 1.807) is 0 Å². The first-order valence-electron chi connectivity index (χ1n) is 9.77. The van der Waals surface area contributed by atoms with Crippen LogP contribution in [0.1, 0.15) is 19.3 Å². The average molecular weight is 420 g/mol. The fourth-order valence-electron chi connectivity index (χ4n) is 3.93. The number of hydrogen-bond donors (Lipinski definition) is 1. The molecule has 2 fully saturated rings. The van der Waals surface area contributed by atoms with Crippen molar-refractivity contribution in [3.05, 3.63) is 17.2 Å². The predicted molar refractivity (Wildman–Crippen MR) is 108 cm³/mol. The van der Waals surface area contributed by atoms with Crippen LogP contribution in [0.3, 0.4) is 0 Å². The van der Waals surface area contributed by atoms with Crippen LogP contribution in [0.25, 0.3) is 10.9 Å². The number of anilines is 1. The molecular formula is C19H23ClFN7O. The largest absolute Gasteiger partial charge is 0.462 e. The third-order valence-corrected chi connectivity index (χ3v) is 5.83. The van der Waals surface area contributed by atoms with Crippen molar-refractivity contribution < 1.29 is 9.13 Å². The third-order valence-electron chi connectivity index (χ3n) is 5.57. The number of aromatic nitrogens is 3. The fraction of sp³-hybridized carbons (Fsp3) is 0.579. The van der Waals surface area contributed by atoms with Crippen molar-refractivity contribution >= 4 is 28.3 Å². The summed E-state index contributed by atoms with van der Waals surface area (Å²) in [5, 5.41) is 12.6. The minimum absolute atomic E-state index is 0.0142. The lowest BCUT2D eigenvalue weighted by molar-refractivity contribution is 0.188. The minimum Gasteiger partial charge on any atom is -0.462 e. The van der Waals surface area contributed by atoms with Gasteiger partial charge < -0.3 is 19.9 Å². The number of likely N-dealkylation sites (N-methyl/N-ethyl adjacent to an activating group) is 1. The highest BCUT2D eigenvalue weighted by Gasteiger charge is 2.26. The Kier molecular flexibility index (Phi) is 5.94. The normalized spacial score (nSPS) is 22.8. The summed E-state index contributed by atoms with van der Waals surface area (Å²) < 4.78 is 20.6. The molecular weight excluding hydrogens is 397 g/mol. The fourth-order valence-corrected chi connectivity index (χ4v) is 4.07. The van der Waals surface area contributed by atoms with Crippen LogP contribution >= 0.6 is 11.6 Å². The van der Waals surface area contributed by atoms with Crippen molar-refractivity contribution in [2.75, 3.05) is 44.7 Å². The summed E-state index contributed by atoms with van der Waals surface area (Å²) in [6.07, 6.45) is 4.06. The van der Waals surface area contributed by atoms with Crippen LogP contribution in [0.2, 0.25) is 5.15 Å². The number of nitriles is 1. The summed E-state index contributed by atoms with van der Waals surface area (Å²) in [4.78, 5) is 17.1. The number of ether oxygens (including phenoxy) is 1. The van der Waals surface area contributed by atoms with Gasteiger partial charge in [-0.05, 0) is 26.4 Å². The Morgan fingerprint density at radius 3 is 3.03 bits per heavy atom. The van der Waals surface area contributed by atoms with Crippen LogP contribution in [0.4, 0.5) is 10.2 Å². The number of nitrogens with one attached hydrogen (secondary N) is 1. The molecule has 4 rings (SSSR count).